The van der Waals surface area contributed by atoms with Crippen molar-refractivity contribution in [3.05, 3.63) is 95.6 Å². The number of nitrogens with one attached hydrogen (secondary N) is 1. The van der Waals surface area contributed by atoms with Crippen molar-refractivity contribution < 1.29 is 14.3 Å². The first kappa shape index (κ1) is 21.4. The fourth-order valence-electron chi connectivity index (χ4n) is 2.83. The summed E-state index contributed by atoms with van der Waals surface area (Å²) in [6.07, 6.45) is 5.66. The monoisotopic (exact) mass is 417 g/mol. The van der Waals surface area contributed by atoms with E-state index in [1.54, 1.807) is 55.3 Å². The highest BCUT2D eigenvalue weighted by Crippen LogP contribution is 2.17. The van der Waals surface area contributed by atoms with Crippen LogP contribution in [-0.2, 0) is 11.2 Å². The van der Waals surface area contributed by atoms with E-state index in [-0.39, 0.29) is 18.1 Å². The van der Waals surface area contributed by atoms with Crippen LogP contribution < -0.4 is 10.1 Å². The zero-order valence-corrected chi connectivity index (χ0v) is 17.7. The lowest BCUT2D eigenvalue weighted by Gasteiger charge is -2.07. The molecule has 0 heterocycles. The van der Waals surface area contributed by atoms with Crippen molar-refractivity contribution in [2.24, 2.45) is 0 Å². The predicted octanol–water partition coefficient (Wildman–Crippen LogP) is 5.49. The number of anilines is 1. The number of hydrogen-bond donors (Lipinski definition) is 1. The van der Waals surface area contributed by atoms with E-state index in [1.165, 1.54) is 4.90 Å². The van der Waals surface area contributed by atoms with Crippen molar-refractivity contribution in [3.63, 3.8) is 0 Å². The minimum absolute atomic E-state index is 0.0833. The van der Waals surface area contributed by atoms with Crippen LogP contribution in [0.1, 0.15) is 21.5 Å². The molecule has 0 atom stereocenters. The smallest absolute Gasteiger partial charge is 0.228 e. The number of ketones is 1. The van der Waals surface area contributed by atoms with Crippen molar-refractivity contribution in [3.8, 4) is 5.75 Å². The number of carbonyl (C=O) groups excluding carboxylic acids is 2. The van der Waals surface area contributed by atoms with Crippen molar-refractivity contribution in [1.82, 2.24) is 0 Å². The lowest BCUT2D eigenvalue weighted by Crippen LogP contribution is -2.14. The number of benzene rings is 3. The second-order valence-corrected chi connectivity index (χ2v) is 7.50. The average molecular weight is 418 g/mol. The molecule has 3 rings (SSSR count). The van der Waals surface area contributed by atoms with E-state index in [2.05, 4.69) is 5.32 Å². The van der Waals surface area contributed by atoms with Crippen LogP contribution in [0.25, 0.3) is 6.08 Å². The third-order valence-electron chi connectivity index (χ3n) is 4.52. The molecule has 3 aromatic carbocycles. The number of carbonyl (C=O) groups is 2. The fraction of sp³-hybridized carbons (Fsp3) is 0.120. The quantitative estimate of drug-likeness (QED) is 0.299. The Hall–Kier alpha value is -3.31. The van der Waals surface area contributed by atoms with Gasteiger partial charge in [0.15, 0.2) is 5.78 Å². The maximum absolute atomic E-state index is 12.4. The minimum atomic E-state index is -0.118. The number of hydrogen-bond acceptors (Lipinski definition) is 4. The summed E-state index contributed by atoms with van der Waals surface area (Å²) in [7, 11) is 1.61. The van der Waals surface area contributed by atoms with Gasteiger partial charge in [0, 0.05) is 16.1 Å². The van der Waals surface area contributed by atoms with E-state index in [9.17, 15) is 9.59 Å². The molecule has 1 N–H and O–H groups in total. The Morgan fingerprint density at radius 1 is 0.933 bits per heavy atom. The molecule has 0 aliphatic carbocycles. The van der Waals surface area contributed by atoms with Gasteiger partial charge in [-0.1, -0.05) is 30.3 Å². The topological polar surface area (TPSA) is 55.4 Å². The van der Waals surface area contributed by atoms with Gasteiger partial charge in [-0.2, -0.15) is 0 Å². The summed E-state index contributed by atoms with van der Waals surface area (Å²) in [5.74, 6) is 0.554. The molecule has 0 fully saturated rings. The number of rotatable bonds is 8. The Bertz CT molecular complexity index is 1020. The summed E-state index contributed by atoms with van der Waals surface area (Å²) in [6, 6.07) is 22.3. The highest BCUT2D eigenvalue weighted by atomic mass is 32.2. The maximum Gasteiger partial charge on any atom is 0.228 e. The van der Waals surface area contributed by atoms with Gasteiger partial charge in [-0.05, 0) is 72.0 Å². The van der Waals surface area contributed by atoms with Gasteiger partial charge in [0.05, 0.1) is 13.5 Å². The van der Waals surface area contributed by atoms with Gasteiger partial charge in [0.25, 0.3) is 0 Å². The zero-order valence-electron chi connectivity index (χ0n) is 16.9. The molecule has 0 bridgehead atoms. The van der Waals surface area contributed by atoms with Gasteiger partial charge in [0.1, 0.15) is 5.75 Å². The molecule has 5 heteroatoms. The molecular formula is C25H23NO3S. The molecule has 0 unspecified atom stereocenters. The first-order chi connectivity index (χ1) is 14.6. The van der Waals surface area contributed by atoms with E-state index < -0.39 is 0 Å². The molecular weight excluding hydrogens is 394 g/mol. The van der Waals surface area contributed by atoms with Crippen molar-refractivity contribution in [2.75, 3.05) is 18.7 Å². The third-order valence-corrected chi connectivity index (χ3v) is 5.26. The van der Waals surface area contributed by atoms with Crippen LogP contribution in [0.4, 0.5) is 5.69 Å². The fourth-order valence-corrected chi connectivity index (χ4v) is 3.24. The number of thioether (sulfide) groups is 1. The van der Waals surface area contributed by atoms with Gasteiger partial charge in [0.2, 0.25) is 5.91 Å². The lowest BCUT2D eigenvalue weighted by molar-refractivity contribution is -0.115. The Kier molecular flexibility index (Phi) is 7.46. The van der Waals surface area contributed by atoms with Crippen LogP contribution in [0, 0.1) is 0 Å². The summed E-state index contributed by atoms with van der Waals surface area (Å²) in [4.78, 5) is 25.8. The summed E-state index contributed by atoms with van der Waals surface area (Å²) < 4.78 is 5.12. The molecule has 1 amide bonds. The molecule has 0 aliphatic rings. The summed E-state index contributed by atoms with van der Waals surface area (Å²) >= 11 is 1.68. The van der Waals surface area contributed by atoms with Crippen LogP contribution in [0.2, 0.25) is 0 Å². The summed E-state index contributed by atoms with van der Waals surface area (Å²) in [5, 5.41) is 2.85. The van der Waals surface area contributed by atoms with Gasteiger partial charge in [-0.25, -0.2) is 0 Å². The van der Waals surface area contributed by atoms with Crippen LogP contribution in [-0.4, -0.2) is 25.1 Å². The van der Waals surface area contributed by atoms with E-state index in [1.807, 2.05) is 54.8 Å². The number of allylic oxidation sites excluding steroid dienone is 1. The van der Waals surface area contributed by atoms with Crippen molar-refractivity contribution in [2.45, 2.75) is 11.3 Å². The summed E-state index contributed by atoms with van der Waals surface area (Å²) in [6.45, 7) is 0. The molecule has 0 spiro atoms. The van der Waals surface area contributed by atoms with Crippen LogP contribution in [0.5, 0.6) is 5.75 Å². The van der Waals surface area contributed by atoms with E-state index in [4.69, 9.17) is 4.74 Å². The minimum Gasteiger partial charge on any atom is -0.497 e. The Morgan fingerprint density at radius 2 is 1.60 bits per heavy atom. The highest BCUT2D eigenvalue weighted by Gasteiger charge is 2.06. The Morgan fingerprint density at radius 3 is 2.20 bits per heavy atom. The van der Waals surface area contributed by atoms with Crippen molar-refractivity contribution in [1.29, 1.82) is 0 Å². The van der Waals surface area contributed by atoms with E-state index in [0.29, 0.717) is 11.3 Å². The first-order valence-electron chi connectivity index (χ1n) is 9.46. The molecule has 0 aliphatic heterocycles. The third kappa shape index (κ3) is 6.09. The SMILES string of the molecule is COc1ccc(CC(=O)Nc2ccc(C(=O)C=Cc3ccc(SC)cc3)cc2)cc1. The molecule has 3 aromatic rings. The largest absolute Gasteiger partial charge is 0.497 e. The zero-order chi connectivity index (χ0) is 21.3. The molecule has 0 saturated heterocycles. The Labute approximate surface area is 181 Å². The van der Waals surface area contributed by atoms with Crippen LogP contribution >= 0.6 is 11.8 Å². The van der Waals surface area contributed by atoms with Crippen molar-refractivity contribution >= 4 is 35.2 Å². The average Bonchev–Trinajstić information content (AvgIpc) is 2.78. The van der Waals surface area contributed by atoms with Gasteiger partial charge in [-0.3, -0.25) is 9.59 Å². The normalized spacial score (nSPS) is 10.7. The van der Waals surface area contributed by atoms with Gasteiger partial charge in [-0.15, -0.1) is 11.8 Å². The predicted molar refractivity (Wildman–Crippen MR) is 123 cm³/mol. The molecule has 4 nitrogen and oxygen atoms in total. The number of amides is 1. The molecule has 30 heavy (non-hydrogen) atoms. The van der Waals surface area contributed by atoms with E-state index >= 15 is 0 Å². The number of methoxy groups -OCH3 is 1. The second kappa shape index (κ2) is 10.5. The highest BCUT2D eigenvalue weighted by molar-refractivity contribution is 7.98. The molecule has 0 saturated carbocycles. The number of ether oxygens (including phenoxy) is 1. The Balaban J connectivity index is 1.55. The first-order valence-corrected chi connectivity index (χ1v) is 10.7. The van der Waals surface area contributed by atoms with Gasteiger partial charge < -0.3 is 10.1 Å². The molecule has 0 radical (unpaired) electrons. The van der Waals surface area contributed by atoms with Gasteiger partial charge >= 0.3 is 0 Å². The lowest BCUT2D eigenvalue weighted by atomic mass is 10.1. The van der Waals surface area contributed by atoms with Crippen LogP contribution in [0.15, 0.2) is 83.8 Å². The van der Waals surface area contributed by atoms with Crippen LogP contribution in [0.3, 0.4) is 0 Å². The molecule has 0 aromatic heterocycles. The second-order valence-electron chi connectivity index (χ2n) is 6.62. The molecule has 152 valence electrons. The standard InChI is InChI=1S/C25H23NO3S/c1-29-22-12-3-19(4-13-22)17-25(28)26-21-10-8-20(9-11-21)24(27)16-7-18-5-14-23(30-2)15-6-18/h3-16H,17H2,1-2H3,(H,26,28). The van der Waals surface area contributed by atoms with E-state index in [0.717, 1.165) is 16.9 Å². The summed E-state index contributed by atoms with van der Waals surface area (Å²) in [5.41, 5.74) is 3.10. The maximum atomic E-state index is 12.4.